The maximum absolute atomic E-state index is 5.57. The Hall–Kier alpha value is -0.790. The zero-order valence-electron chi connectivity index (χ0n) is 10.4. The van der Waals surface area contributed by atoms with Gasteiger partial charge < -0.3 is 10.6 Å². The highest BCUT2D eigenvalue weighted by Gasteiger charge is 2.38. The van der Waals surface area contributed by atoms with Gasteiger partial charge in [0.1, 0.15) is 0 Å². The lowest BCUT2D eigenvalue weighted by Crippen LogP contribution is -2.57. The van der Waals surface area contributed by atoms with E-state index in [-0.39, 0.29) is 0 Å². The van der Waals surface area contributed by atoms with Crippen LogP contribution in [0.2, 0.25) is 0 Å². The van der Waals surface area contributed by atoms with Gasteiger partial charge in [0.2, 0.25) is 0 Å². The Labute approximate surface area is 109 Å². The smallest absolute Gasteiger partial charge is 0.166 e. The van der Waals surface area contributed by atoms with E-state index in [1.54, 1.807) is 0 Å². The van der Waals surface area contributed by atoms with Crippen LogP contribution in [0, 0.1) is 24.2 Å². The largest absolute Gasteiger partial charge is 0.363 e. The quantitative estimate of drug-likeness (QED) is 0.573. The molecule has 0 aliphatic carbocycles. The average Bonchev–Trinajstić information content (AvgIpc) is 2.37. The fraction of sp³-hybridized carbons (Fsp3) is 0.769. The van der Waals surface area contributed by atoms with Gasteiger partial charge in [-0.2, -0.15) is 0 Å². The van der Waals surface area contributed by atoms with Crippen LogP contribution in [0.5, 0.6) is 0 Å². The molecule has 0 aromatic rings. The second-order valence-corrected chi connectivity index (χ2v) is 5.35. The first kappa shape index (κ1) is 12.7. The van der Waals surface area contributed by atoms with Crippen molar-refractivity contribution in [3.05, 3.63) is 0 Å². The summed E-state index contributed by atoms with van der Waals surface area (Å²) in [6, 6.07) is 0.606. The summed E-state index contributed by atoms with van der Waals surface area (Å²) in [5.74, 6) is 4.14. The summed E-state index contributed by atoms with van der Waals surface area (Å²) in [7, 11) is 0. The molecule has 3 aliphatic rings. The van der Waals surface area contributed by atoms with Crippen LogP contribution in [0.25, 0.3) is 0 Å². The summed E-state index contributed by atoms with van der Waals surface area (Å²) in [5.41, 5.74) is 0. The minimum atomic E-state index is 0.473. The van der Waals surface area contributed by atoms with Gasteiger partial charge in [-0.25, -0.2) is 0 Å². The normalized spacial score (nSPS) is 35.1. The van der Waals surface area contributed by atoms with E-state index in [1.807, 2.05) is 0 Å². The van der Waals surface area contributed by atoms with Crippen molar-refractivity contribution in [3.63, 3.8) is 0 Å². The van der Waals surface area contributed by atoms with Crippen LogP contribution in [0.1, 0.15) is 19.8 Å². The summed E-state index contributed by atoms with van der Waals surface area (Å²) in [4.78, 5) is 2.52. The number of rotatable bonds is 3. The first-order valence-electron chi connectivity index (χ1n) is 6.46. The van der Waals surface area contributed by atoms with Gasteiger partial charge in [0.15, 0.2) is 5.11 Å². The van der Waals surface area contributed by atoms with E-state index in [0.717, 1.165) is 30.7 Å². The van der Waals surface area contributed by atoms with Crippen molar-refractivity contribution in [2.75, 3.05) is 26.2 Å². The first-order chi connectivity index (χ1) is 8.24. The second kappa shape index (κ2) is 5.70. The summed E-state index contributed by atoms with van der Waals surface area (Å²) in [6.07, 6.45) is 8.06. The molecule has 0 radical (unpaired) electrons. The van der Waals surface area contributed by atoms with Gasteiger partial charge in [0.05, 0.1) is 0 Å². The number of piperidine rings is 3. The van der Waals surface area contributed by atoms with Crippen molar-refractivity contribution < 1.29 is 0 Å². The standard InChI is InChI=1S/C13H21N3S/c1-3-10-9-16-6-5-11(10)7-12(16)8-15-13(17)14-4-2/h1,10-12H,4-9H2,2H3,(H2,14,15,17)/t10-,11-,12+/m0/s1. The van der Waals surface area contributed by atoms with Crippen LogP contribution in [0.15, 0.2) is 0 Å². The van der Waals surface area contributed by atoms with Crippen molar-refractivity contribution in [2.24, 2.45) is 11.8 Å². The molecule has 1 unspecified atom stereocenters. The number of hydrogen-bond acceptors (Lipinski definition) is 2. The predicted molar refractivity (Wildman–Crippen MR) is 74.7 cm³/mol. The number of hydrogen-bond donors (Lipinski definition) is 2. The molecule has 3 rings (SSSR count). The predicted octanol–water partition coefficient (Wildman–Crippen LogP) is 0.814. The molecule has 4 heteroatoms. The Balaban J connectivity index is 1.81. The van der Waals surface area contributed by atoms with Gasteiger partial charge in [0.25, 0.3) is 0 Å². The van der Waals surface area contributed by atoms with Gasteiger partial charge in [-0.05, 0) is 44.4 Å². The molecule has 17 heavy (non-hydrogen) atoms. The molecule has 2 N–H and O–H groups in total. The minimum Gasteiger partial charge on any atom is -0.363 e. The van der Waals surface area contributed by atoms with Crippen LogP contribution in [-0.2, 0) is 0 Å². The first-order valence-corrected chi connectivity index (χ1v) is 6.87. The Morgan fingerprint density at radius 1 is 1.53 bits per heavy atom. The fourth-order valence-electron chi connectivity index (χ4n) is 2.97. The maximum atomic E-state index is 5.57. The van der Waals surface area contributed by atoms with E-state index >= 15 is 0 Å². The summed E-state index contributed by atoms with van der Waals surface area (Å²) in [6.45, 7) is 6.14. The molecule has 3 nitrogen and oxygen atoms in total. The van der Waals surface area contributed by atoms with Crippen molar-refractivity contribution in [1.82, 2.24) is 15.5 Å². The topological polar surface area (TPSA) is 27.3 Å². The highest BCUT2D eigenvalue weighted by molar-refractivity contribution is 7.80. The summed E-state index contributed by atoms with van der Waals surface area (Å²) in [5, 5.41) is 7.18. The van der Waals surface area contributed by atoms with E-state index in [1.165, 1.54) is 19.4 Å². The van der Waals surface area contributed by atoms with Crippen LogP contribution < -0.4 is 10.6 Å². The zero-order chi connectivity index (χ0) is 12.3. The molecule has 94 valence electrons. The summed E-state index contributed by atoms with van der Waals surface area (Å²) >= 11 is 5.18. The van der Waals surface area contributed by atoms with Crippen LogP contribution >= 0.6 is 12.2 Å². The molecule has 3 fully saturated rings. The monoisotopic (exact) mass is 251 g/mol. The lowest BCUT2D eigenvalue weighted by atomic mass is 9.76. The van der Waals surface area contributed by atoms with Crippen molar-refractivity contribution >= 4 is 17.3 Å². The fourth-order valence-corrected chi connectivity index (χ4v) is 3.20. The van der Waals surface area contributed by atoms with E-state index in [0.29, 0.717) is 12.0 Å². The molecule has 3 saturated heterocycles. The molecule has 0 saturated carbocycles. The molecule has 0 aromatic carbocycles. The molecular formula is C13H21N3S. The lowest BCUT2D eigenvalue weighted by molar-refractivity contribution is 0.0248. The molecule has 0 amide bonds. The number of thiocarbonyl (C=S) groups is 1. The second-order valence-electron chi connectivity index (χ2n) is 4.95. The third-order valence-electron chi connectivity index (χ3n) is 3.93. The van der Waals surface area contributed by atoms with Crippen molar-refractivity contribution in [3.8, 4) is 12.3 Å². The van der Waals surface area contributed by atoms with E-state index < -0.39 is 0 Å². The molecule has 0 aromatic heterocycles. The third kappa shape index (κ3) is 2.91. The Kier molecular flexibility index (Phi) is 4.25. The molecule has 0 spiro atoms. The zero-order valence-corrected chi connectivity index (χ0v) is 11.2. The Morgan fingerprint density at radius 2 is 2.35 bits per heavy atom. The molecule has 3 aliphatic heterocycles. The van der Waals surface area contributed by atoms with E-state index in [9.17, 15) is 0 Å². The Bertz CT molecular complexity index is 323. The average molecular weight is 251 g/mol. The lowest BCUT2D eigenvalue weighted by Gasteiger charge is -2.48. The number of nitrogens with one attached hydrogen (secondary N) is 2. The van der Waals surface area contributed by atoms with Crippen LogP contribution in [-0.4, -0.2) is 42.2 Å². The van der Waals surface area contributed by atoms with Crippen LogP contribution in [0.3, 0.4) is 0 Å². The van der Waals surface area contributed by atoms with Gasteiger partial charge in [-0.3, -0.25) is 4.90 Å². The Morgan fingerprint density at radius 3 is 2.94 bits per heavy atom. The van der Waals surface area contributed by atoms with Gasteiger partial charge in [-0.15, -0.1) is 12.3 Å². The van der Waals surface area contributed by atoms with Crippen LogP contribution in [0.4, 0.5) is 0 Å². The molecule has 4 atom stereocenters. The third-order valence-corrected chi connectivity index (χ3v) is 4.22. The maximum Gasteiger partial charge on any atom is 0.166 e. The van der Waals surface area contributed by atoms with Crippen molar-refractivity contribution in [2.45, 2.75) is 25.8 Å². The SMILES string of the molecule is C#C[C@H]1CN2CC[C@H]1C[C@@H]2CNC(=S)NCC. The number of terminal acetylenes is 1. The minimum absolute atomic E-state index is 0.473. The van der Waals surface area contributed by atoms with Gasteiger partial charge in [-0.1, -0.05) is 0 Å². The molecule has 2 bridgehead atoms. The molecular weight excluding hydrogens is 230 g/mol. The number of nitrogens with zero attached hydrogens (tertiary/aromatic N) is 1. The van der Waals surface area contributed by atoms with Gasteiger partial charge >= 0.3 is 0 Å². The highest BCUT2D eigenvalue weighted by atomic mass is 32.1. The van der Waals surface area contributed by atoms with E-state index in [4.69, 9.17) is 18.6 Å². The highest BCUT2D eigenvalue weighted by Crippen LogP contribution is 2.35. The van der Waals surface area contributed by atoms with E-state index in [2.05, 4.69) is 28.4 Å². The molecule has 3 heterocycles. The summed E-state index contributed by atoms with van der Waals surface area (Å²) < 4.78 is 0. The van der Waals surface area contributed by atoms with Crippen molar-refractivity contribution in [1.29, 1.82) is 0 Å². The number of fused-ring (bicyclic) bond motifs is 3. The van der Waals surface area contributed by atoms with Gasteiger partial charge in [0, 0.05) is 31.6 Å².